The van der Waals surface area contributed by atoms with E-state index in [4.69, 9.17) is 5.73 Å². The Bertz CT molecular complexity index is 314. The van der Waals surface area contributed by atoms with Gasteiger partial charge in [0.05, 0.1) is 0 Å². The van der Waals surface area contributed by atoms with E-state index in [2.05, 4.69) is 24.0 Å². The summed E-state index contributed by atoms with van der Waals surface area (Å²) in [5.41, 5.74) is 8.14. The van der Waals surface area contributed by atoms with Crippen LogP contribution in [0.15, 0.2) is 24.3 Å². The summed E-state index contributed by atoms with van der Waals surface area (Å²) in [4.78, 5) is 2.51. The minimum absolute atomic E-state index is 0.898. The highest BCUT2D eigenvalue weighted by Crippen LogP contribution is 2.20. The van der Waals surface area contributed by atoms with E-state index >= 15 is 0 Å². The van der Waals surface area contributed by atoms with Crippen LogP contribution in [0.4, 0.5) is 5.69 Å². The lowest BCUT2D eigenvalue weighted by atomic mass is 9.99. The predicted octanol–water partition coefficient (Wildman–Crippen LogP) is 2.50. The smallest absolute Gasteiger partial charge is 0.0359 e. The van der Waals surface area contributed by atoms with Crippen LogP contribution in [0.5, 0.6) is 0 Å². The van der Waals surface area contributed by atoms with Gasteiger partial charge >= 0.3 is 0 Å². The zero-order valence-corrected chi connectivity index (χ0v) is 9.45. The lowest BCUT2D eigenvalue weighted by Gasteiger charge is -2.30. The average Bonchev–Trinajstić information content (AvgIpc) is 2.25. The molecule has 0 saturated carbocycles. The van der Waals surface area contributed by atoms with Crippen molar-refractivity contribution in [2.45, 2.75) is 26.3 Å². The molecule has 82 valence electrons. The third-order valence-corrected chi connectivity index (χ3v) is 3.33. The number of likely N-dealkylation sites (tertiary alicyclic amines) is 1. The fourth-order valence-electron chi connectivity index (χ4n) is 2.14. The van der Waals surface area contributed by atoms with Crippen molar-refractivity contribution in [1.29, 1.82) is 0 Å². The number of rotatable bonds is 2. The van der Waals surface area contributed by atoms with Crippen molar-refractivity contribution in [3.05, 3.63) is 29.8 Å². The molecule has 1 aromatic rings. The maximum atomic E-state index is 5.94. The van der Waals surface area contributed by atoms with E-state index in [1.165, 1.54) is 31.5 Å². The van der Waals surface area contributed by atoms with Gasteiger partial charge in [-0.2, -0.15) is 0 Å². The van der Waals surface area contributed by atoms with Gasteiger partial charge in [-0.1, -0.05) is 25.1 Å². The Morgan fingerprint density at radius 3 is 2.60 bits per heavy atom. The third-order valence-electron chi connectivity index (χ3n) is 3.33. The van der Waals surface area contributed by atoms with E-state index in [0.717, 1.165) is 18.2 Å². The van der Waals surface area contributed by atoms with Crippen LogP contribution in [-0.4, -0.2) is 18.0 Å². The number of nitrogen functional groups attached to an aromatic ring is 1. The van der Waals surface area contributed by atoms with Crippen LogP contribution < -0.4 is 5.73 Å². The van der Waals surface area contributed by atoms with Gasteiger partial charge in [0.15, 0.2) is 0 Å². The van der Waals surface area contributed by atoms with Crippen molar-refractivity contribution in [3.63, 3.8) is 0 Å². The highest BCUT2D eigenvalue weighted by molar-refractivity contribution is 5.46. The molecule has 2 nitrogen and oxygen atoms in total. The summed E-state index contributed by atoms with van der Waals surface area (Å²) in [5, 5.41) is 0. The topological polar surface area (TPSA) is 29.3 Å². The number of nitrogens with zero attached hydrogens (tertiary/aromatic N) is 1. The molecule has 1 fully saturated rings. The minimum atomic E-state index is 0.898. The van der Waals surface area contributed by atoms with E-state index in [-0.39, 0.29) is 0 Å². The summed E-state index contributed by atoms with van der Waals surface area (Å²) in [7, 11) is 0. The average molecular weight is 204 g/mol. The predicted molar refractivity (Wildman–Crippen MR) is 64.5 cm³/mol. The molecule has 2 N–H and O–H groups in total. The van der Waals surface area contributed by atoms with Gasteiger partial charge in [0.1, 0.15) is 0 Å². The highest BCUT2D eigenvalue weighted by Gasteiger charge is 2.15. The van der Waals surface area contributed by atoms with Crippen LogP contribution in [0, 0.1) is 5.92 Å². The molecule has 1 aliphatic heterocycles. The number of piperidine rings is 1. The van der Waals surface area contributed by atoms with E-state index in [1.54, 1.807) is 0 Å². The number of hydrogen-bond donors (Lipinski definition) is 1. The minimum Gasteiger partial charge on any atom is -0.398 e. The fourth-order valence-corrected chi connectivity index (χ4v) is 2.14. The van der Waals surface area contributed by atoms with Crippen molar-refractivity contribution in [3.8, 4) is 0 Å². The largest absolute Gasteiger partial charge is 0.398 e. The van der Waals surface area contributed by atoms with Crippen molar-refractivity contribution in [2.75, 3.05) is 18.8 Å². The molecule has 0 aliphatic carbocycles. The normalized spacial score (nSPS) is 19.3. The summed E-state index contributed by atoms with van der Waals surface area (Å²) in [6.45, 7) is 5.79. The lowest BCUT2D eigenvalue weighted by molar-refractivity contribution is 0.185. The zero-order chi connectivity index (χ0) is 10.7. The van der Waals surface area contributed by atoms with Gasteiger partial charge in [-0.05, 0) is 43.5 Å². The zero-order valence-electron chi connectivity index (χ0n) is 9.45. The van der Waals surface area contributed by atoms with Gasteiger partial charge in [-0.25, -0.2) is 0 Å². The number of nitrogens with two attached hydrogens (primary N) is 1. The summed E-state index contributed by atoms with van der Waals surface area (Å²) >= 11 is 0. The summed E-state index contributed by atoms with van der Waals surface area (Å²) in [6, 6.07) is 8.19. The summed E-state index contributed by atoms with van der Waals surface area (Å²) < 4.78 is 0. The van der Waals surface area contributed by atoms with Crippen molar-refractivity contribution < 1.29 is 0 Å². The van der Waals surface area contributed by atoms with Crippen molar-refractivity contribution in [2.24, 2.45) is 5.92 Å². The standard InChI is InChI=1S/C13H20N2/c1-11-6-8-15(9-7-11)10-12-4-2-3-5-13(12)14/h2-5,11H,6-10,14H2,1H3. The summed E-state index contributed by atoms with van der Waals surface area (Å²) in [6.07, 6.45) is 2.65. The van der Waals surface area contributed by atoms with Crippen molar-refractivity contribution >= 4 is 5.69 Å². The number of benzene rings is 1. The van der Waals surface area contributed by atoms with Crippen LogP contribution in [0.25, 0.3) is 0 Å². The van der Waals surface area contributed by atoms with E-state index in [0.29, 0.717) is 0 Å². The van der Waals surface area contributed by atoms with Crippen LogP contribution in [0.1, 0.15) is 25.3 Å². The Kier molecular flexibility index (Phi) is 3.27. The molecule has 0 atom stereocenters. The van der Waals surface area contributed by atoms with Gasteiger partial charge < -0.3 is 5.73 Å². The Balaban J connectivity index is 1.95. The van der Waals surface area contributed by atoms with E-state index in [9.17, 15) is 0 Å². The molecule has 1 saturated heterocycles. The molecule has 1 heterocycles. The van der Waals surface area contributed by atoms with Crippen LogP contribution >= 0.6 is 0 Å². The molecule has 2 rings (SSSR count). The molecule has 0 unspecified atom stereocenters. The van der Waals surface area contributed by atoms with Gasteiger partial charge in [-0.3, -0.25) is 4.90 Å². The van der Waals surface area contributed by atoms with Gasteiger partial charge in [0, 0.05) is 12.2 Å². The van der Waals surface area contributed by atoms with Gasteiger partial charge in [0.2, 0.25) is 0 Å². The van der Waals surface area contributed by atoms with Crippen LogP contribution in [0.2, 0.25) is 0 Å². The van der Waals surface area contributed by atoms with Crippen molar-refractivity contribution in [1.82, 2.24) is 4.90 Å². The molecule has 0 amide bonds. The van der Waals surface area contributed by atoms with Gasteiger partial charge in [-0.15, -0.1) is 0 Å². The van der Waals surface area contributed by atoms with Gasteiger partial charge in [0.25, 0.3) is 0 Å². The molecule has 0 radical (unpaired) electrons. The van der Waals surface area contributed by atoms with E-state index < -0.39 is 0 Å². The first-order chi connectivity index (χ1) is 7.25. The SMILES string of the molecule is CC1CCN(Cc2ccccc2N)CC1. The molecular weight excluding hydrogens is 184 g/mol. The first kappa shape index (κ1) is 10.5. The molecule has 2 heteroatoms. The quantitative estimate of drug-likeness (QED) is 0.750. The van der Waals surface area contributed by atoms with Crippen LogP contribution in [-0.2, 0) is 6.54 Å². The molecule has 15 heavy (non-hydrogen) atoms. The first-order valence-corrected chi connectivity index (χ1v) is 5.81. The Morgan fingerprint density at radius 1 is 1.27 bits per heavy atom. The molecular formula is C13H20N2. The van der Waals surface area contributed by atoms with Crippen LogP contribution in [0.3, 0.4) is 0 Å². The molecule has 1 aliphatic rings. The van der Waals surface area contributed by atoms with E-state index in [1.807, 2.05) is 12.1 Å². The molecule has 0 spiro atoms. The first-order valence-electron chi connectivity index (χ1n) is 5.81. The Morgan fingerprint density at radius 2 is 1.93 bits per heavy atom. The second-order valence-corrected chi connectivity index (χ2v) is 4.66. The summed E-state index contributed by atoms with van der Waals surface area (Å²) in [5.74, 6) is 0.898. The lowest BCUT2D eigenvalue weighted by Crippen LogP contribution is -2.32. The Labute approximate surface area is 92.1 Å². The second kappa shape index (κ2) is 4.67. The number of para-hydroxylation sites is 1. The number of hydrogen-bond acceptors (Lipinski definition) is 2. The monoisotopic (exact) mass is 204 g/mol. The number of anilines is 1. The third kappa shape index (κ3) is 2.72. The Hall–Kier alpha value is -1.02. The second-order valence-electron chi connectivity index (χ2n) is 4.66. The molecule has 0 aromatic heterocycles. The molecule has 1 aromatic carbocycles. The highest BCUT2D eigenvalue weighted by atomic mass is 15.1. The maximum Gasteiger partial charge on any atom is 0.0359 e. The fraction of sp³-hybridized carbons (Fsp3) is 0.538. The maximum absolute atomic E-state index is 5.94. The molecule has 0 bridgehead atoms.